The van der Waals surface area contributed by atoms with Crippen LogP contribution in [0.3, 0.4) is 0 Å². The number of esters is 1. The number of rotatable bonds is 5. The molecule has 0 amide bonds. The standard InChI is InChI=1S/C19H20O2/c1-14(17-12-18(17)16-10-6-3-7-11-16)19(20)21-13-15-8-4-2-5-9-15/h2-11,14,17-18H,12-13H2,1H3. The van der Waals surface area contributed by atoms with Gasteiger partial charge in [-0.25, -0.2) is 0 Å². The van der Waals surface area contributed by atoms with Crippen LogP contribution in [-0.4, -0.2) is 5.97 Å². The third kappa shape index (κ3) is 3.33. The van der Waals surface area contributed by atoms with Crippen LogP contribution in [0.5, 0.6) is 0 Å². The summed E-state index contributed by atoms with van der Waals surface area (Å²) in [5.74, 6) is 0.836. The fourth-order valence-corrected chi connectivity index (χ4v) is 2.89. The molecule has 0 N–H and O–H groups in total. The minimum atomic E-state index is -0.0812. The smallest absolute Gasteiger partial charge is 0.309 e. The molecule has 0 bridgehead atoms. The van der Waals surface area contributed by atoms with E-state index in [0.29, 0.717) is 18.4 Å². The molecule has 3 unspecified atom stereocenters. The lowest BCUT2D eigenvalue weighted by Gasteiger charge is -2.11. The lowest BCUT2D eigenvalue weighted by atomic mass is 10.0. The van der Waals surface area contributed by atoms with Crippen molar-refractivity contribution in [3.05, 3.63) is 71.8 Å². The van der Waals surface area contributed by atoms with Crippen molar-refractivity contribution >= 4 is 5.97 Å². The Kier molecular flexibility index (Phi) is 4.05. The second kappa shape index (κ2) is 6.13. The lowest BCUT2D eigenvalue weighted by Crippen LogP contribution is -2.17. The Hall–Kier alpha value is -2.09. The molecule has 3 atom stereocenters. The summed E-state index contributed by atoms with van der Waals surface area (Å²) in [6, 6.07) is 20.3. The second-order valence-electron chi connectivity index (χ2n) is 5.80. The van der Waals surface area contributed by atoms with Crippen molar-refractivity contribution in [3.63, 3.8) is 0 Å². The summed E-state index contributed by atoms with van der Waals surface area (Å²) in [6.45, 7) is 2.35. The zero-order valence-electron chi connectivity index (χ0n) is 12.2. The molecule has 3 rings (SSSR count). The summed E-state index contributed by atoms with van der Waals surface area (Å²) >= 11 is 0. The first-order valence-electron chi connectivity index (χ1n) is 7.51. The molecule has 0 heterocycles. The van der Waals surface area contributed by atoms with Crippen molar-refractivity contribution in [2.45, 2.75) is 25.9 Å². The molecule has 2 heteroatoms. The van der Waals surface area contributed by atoms with E-state index in [0.717, 1.165) is 12.0 Å². The van der Waals surface area contributed by atoms with Crippen molar-refractivity contribution in [2.75, 3.05) is 0 Å². The van der Waals surface area contributed by atoms with Gasteiger partial charge < -0.3 is 4.74 Å². The van der Waals surface area contributed by atoms with E-state index in [4.69, 9.17) is 4.74 Å². The molecule has 2 aromatic carbocycles. The Morgan fingerprint density at radius 3 is 2.38 bits per heavy atom. The molecular formula is C19H20O2. The largest absolute Gasteiger partial charge is 0.461 e. The van der Waals surface area contributed by atoms with E-state index in [1.807, 2.05) is 43.3 Å². The van der Waals surface area contributed by atoms with E-state index in [2.05, 4.69) is 24.3 Å². The van der Waals surface area contributed by atoms with Gasteiger partial charge in [0.25, 0.3) is 0 Å². The highest BCUT2D eigenvalue weighted by Crippen LogP contribution is 2.52. The molecule has 0 spiro atoms. The van der Waals surface area contributed by atoms with Crippen LogP contribution in [0.4, 0.5) is 0 Å². The molecular weight excluding hydrogens is 260 g/mol. The summed E-state index contributed by atoms with van der Waals surface area (Å²) in [5.41, 5.74) is 2.37. The van der Waals surface area contributed by atoms with E-state index >= 15 is 0 Å². The fourth-order valence-electron chi connectivity index (χ4n) is 2.89. The normalized spacial score (nSPS) is 21.6. The van der Waals surface area contributed by atoms with Gasteiger partial charge in [-0.3, -0.25) is 4.79 Å². The van der Waals surface area contributed by atoms with Crippen LogP contribution in [0, 0.1) is 11.8 Å². The minimum Gasteiger partial charge on any atom is -0.461 e. The maximum absolute atomic E-state index is 12.2. The van der Waals surface area contributed by atoms with Gasteiger partial charge in [0.1, 0.15) is 6.61 Å². The predicted molar refractivity (Wildman–Crippen MR) is 82.7 cm³/mol. The average molecular weight is 280 g/mol. The molecule has 0 aromatic heterocycles. The van der Waals surface area contributed by atoms with Gasteiger partial charge >= 0.3 is 5.97 Å². The van der Waals surface area contributed by atoms with Crippen molar-refractivity contribution in [1.29, 1.82) is 0 Å². The average Bonchev–Trinajstić information content (AvgIpc) is 3.34. The van der Waals surface area contributed by atoms with Crippen molar-refractivity contribution in [3.8, 4) is 0 Å². The molecule has 21 heavy (non-hydrogen) atoms. The van der Waals surface area contributed by atoms with Gasteiger partial charge in [0.05, 0.1) is 5.92 Å². The monoisotopic (exact) mass is 280 g/mol. The third-order valence-electron chi connectivity index (χ3n) is 4.31. The maximum atomic E-state index is 12.2. The zero-order chi connectivity index (χ0) is 14.7. The molecule has 2 aromatic rings. The highest BCUT2D eigenvalue weighted by molar-refractivity contribution is 5.73. The van der Waals surface area contributed by atoms with E-state index in [-0.39, 0.29) is 11.9 Å². The number of hydrogen-bond donors (Lipinski definition) is 0. The summed E-state index contributed by atoms with van der Waals surface area (Å²) < 4.78 is 5.44. The van der Waals surface area contributed by atoms with Crippen LogP contribution >= 0.6 is 0 Å². The van der Waals surface area contributed by atoms with Gasteiger partial charge in [-0.1, -0.05) is 67.6 Å². The quantitative estimate of drug-likeness (QED) is 0.768. The molecule has 1 fully saturated rings. The summed E-state index contributed by atoms with van der Waals surface area (Å²) in [6.07, 6.45) is 1.09. The Bertz CT molecular complexity index is 591. The van der Waals surface area contributed by atoms with Crippen LogP contribution < -0.4 is 0 Å². The zero-order valence-corrected chi connectivity index (χ0v) is 12.2. The van der Waals surface area contributed by atoms with Gasteiger partial charge in [0.2, 0.25) is 0 Å². The van der Waals surface area contributed by atoms with Gasteiger partial charge in [-0.05, 0) is 29.4 Å². The van der Waals surface area contributed by atoms with Gasteiger partial charge in [-0.15, -0.1) is 0 Å². The number of carbonyl (C=O) groups is 1. The number of ether oxygens (including phenoxy) is 1. The molecule has 1 aliphatic rings. The van der Waals surface area contributed by atoms with Gasteiger partial charge in [0, 0.05) is 0 Å². The van der Waals surface area contributed by atoms with E-state index in [9.17, 15) is 4.79 Å². The Morgan fingerprint density at radius 2 is 1.71 bits per heavy atom. The van der Waals surface area contributed by atoms with Gasteiger partial charge in [-0.2, -0.15) is 0 Å². The van der Waals surface area contributed by atoms with Crippen LogP contribution in [0.1, 0.15) is 30.4 Å². The van der Waals surface area contributed by atoms with Crippen LogP contribution in [0.25, 0.3) is 0 Å². The molecule has 1 aliphatic carbocycles. The Balaban J connectivity index is 1.52. The predicted octanol–water partition coefficient (Wildman–Crippen LogP) is 4.17. The first-order valence-corrected chi connectivity index (χ1v) is 7.51. The Labute approximate surface area is 125 Å². The summed E-state index contributed by atoms with van der Waals surface area (Å²) in [5, 5.41) is 0. The highest BCUT2D eigenvalue weighted by atomic mass is 16.5. The fraction of sp³-hybridized carbons (Fsp3) is 0.316. The summed E-state index contributed by atoms with van der Waals surface area (Å²) in [4.78, 5) is 12.2. The lowest BCUT2D eigenvalue weighted by molar-refractivity contribution is -0.150. The molecule has 0 aliphatic heterocycles. The highest BCUT2D eigenvalue weighted by Gasteiger charge is 2.45. The van der Waals surface area contributed by atoms with Crippen LogP contribution in [0.15, 0.2) is 60.7 Å². The van der Waals surface area contributed by atoms with Crippen molar-refractivity contribution < 1.29 is 9.53 Å². The SMILES string of the molecule is CC(C(=O)OCc1ccccc1)C1CC1c1ccccc1. The van der Waals surface area contributed by atoms with Crippen LogP contribution in [-0.2, 0) is 16.1 Å². The van der Waals surface area contributed by atoms with Crippen molar-refractivity contribution in [1.82, 2.24) is 0 Å². The molecule has 108 valence electrons. The van der Waals surface area contributed by atoms with Gasteiger partial charge in [0.15, 0.2) is 0 Å². The second-order valence-corrected chi connectivity index (χ2v) is 5.80. The maximum Gasteiger partial charge on any atom is 0.309 e. The topological polar surface area (TPSA) is 26.3 Å². The Morgan fingerprint density at radius 1 is 1.10 bits per heavy atom. The van der Waals surface area contributed by atoms with Crippen molar-refractivity contribution in [2.24, 2.45) is 11.8 Å². The number of hydrogen-bond acceptors (Lipinski definition) is 2. The van der Waals surface area contributed by atoms with E-state index < -0.39 is 0 Å². The first kappa shape index (κ1) is 13.9. The summed E-state index contributed by atoms with van der Waals surface area (Å²) in [7, 11) is 0. The first-order chi connectivity index (χ1) is 10.3. The van der Waals surface area contributed by atoms with Crippen LogP contribution in [0.2, 0.25) is 0 Å². The van der Waals surface area contributed by atoms with E-state index in [1.165, 1.54) is 5.56 Å². The third-order valence-corrected chi connectivity index (χ3v) is 4.31. The molecule has 1 saturated carbocycles. The molecule has 2 nitrogen and oxygen atoms in total. The number of benzene rings is 2. The minimum absolute atomic E-state index is 0.0288. The molecule has 0 saturated heterocycles. The molecule has 0 radical (unpaired) electrons. The van der Waals surface area contributed by atoms with E-state index in [1.54, 1.807) is 0 Å². The number of carbonyl (C=O) groups excluding carboxylic acids is 1.